The van der Waals surface area contributed by atoms with Gasteiger partial charge in [0.25, 0.3) is 0 Å². The van der Waals surface area contributed by atoms with Crippen LogP contribution in [0.3, 0.4) is 0 Å². The molecule has 132 valence electrons. The number of ketones is 1. The van der Waals surface area contributed by atoms with Crippen LogP contribution in [0, 0.1) is 0 Å². The molecule has 0 unspecified atom stereocenters. The summed E-state index contributed by atoms with van der Waals surface area (Å²) in [5, 5.41) is 0. The maximum absolute atomic E-state index is 11.6. The molecule has 5 nitrogen and oxygen atoms in total. The van der Waals surface area contributed by atoms with E-state index in [1.54, 1.807) is 0 Å². The third-order valence-electron chi connectivity index (χ3n) is 4.25. The third-order valence-corrected chi connectivity index (χ3v) is 4.25. The average molecular weight is 333 g/mol. The van der Waals surface area contributed by atoms with E-state index < -0.39 is 0 Å². The lowest BCUT2D eigenvalue weighted by atomic mass is 10.1. The summed E-state index contributed by atoms with van der Waals surface area (Å²) in [4.78, 5) is 24.9. The van der Waals surface area contributed by atoms with Crippen molar-refractivity contribution in [3.8, 4) is 5.75 Å². The van der Waals surface area contributed by atoms with Gasteiger partial charge in [-0.15, -0.1) is 0 Å². The lowest BCUT2D eigenvalue weighted by molar-refractivity contribution is -0.148. The number of benzene rings is 1. The van der Waals surface area contributed by atoms with Gasteiger partial charge in [0, 0.05) is 38.5 Å². The van der Waals surface area contributed by atoms with Crippen molar-refractivity contribution in [3.05, 3.63) is 29.8 Å². The van der Waals surface area contributed by atoms with E-state index in [0.717, 1.165) is 50.2 Å². The van der Waals surface area contributed by atoms with E-state index in [9.17, 15) is 9.59 Å². The van der Waals surface area contributed by atoms with Gasteiger partial charge in [-0.1, -0.05) is 6.92 Å². The van der Waals surface area contributed by atoms with Crippen LogP contribution < -0.4 is 4.74 Å². The molecule has 1 fully saturated rings. The number of piperidine rings is 1. The van der Waals surface area contributed by atoms with Crippen LogP contribution in [0.4, 0.5) is 0 Å². The van der Waals surface area contributed by atoms with E-state index in [-0.39, 0.29) is 17.9 Å². The number of esters is 1. The summed E-state index contributed by atoms with van der Waals surface area (Å²) in [6.45, 7) is 6.90. The topological polar surface area (TPSA) is 55.8 Å². The molecule has 5 heteroatoms. The summed E-state index contributed by atoms with van der Waals surface area (Å²) in [5.74, 6) is 0.767. The highest BCUT2D eigenvalue weighted by molar-refractivity contribution is 5.95. The molecular weight excluding hydrogens is 306 g/mol. The number of Topliss-reactive ketones (excluding diaryl/α,β-unsaturated/α-hetero) is 1. The highest BCUT2D eigenvalue weighted by atomic mass is 16.5. The van der Waals surface area contributed by atoms with Gasteiger partial charge in [-0.25, -0.2) is 0 Å². The minimum atomic E-state index is -0.187. The van der Waals surface area contributed by atoms with Crippen molar-refractivity contribution in [2.75, 3.05) is 26.2 Å². The second kappa shape index (κ2) is 9.42. The van der Waals surface area contributed by atoms with E-state index in [1.165, 1.54) is 6.92 Å². The fourth-order valence-corrected chi connectivity index (χ4v) is 2.90. The zero-order valence-corrected chi connectivity index (χ0v) is 14.6. The van der Waals surface area contributed by atoms with Crippen molar-refractivity contribution >= 4 is 11.8 Å². The monoisotopic (exact) mass is 333 g/mol. The van der Waals surface area contributed by atoms with Crippen LogP contribution in [-0.2, 0) is 9.53 Å². The van der Waals surface area contributed by atoms with Crippen LogP contribution >= 0.6 is 0 Å². The molecule has 0 N–H and O–H groups in total. The van der Waals surface area contributed by atoms with Gasteiger partial charge in [0.1, 0.15) is 11.9 Å². The fraction of sp³-hybridized carbons (Fsp3) is 0.579. The molecular formula is C19H27NO4. The van der Waals surface area contributed by atoms with Gasteiger partial charge in [-0.05, 0) is 43.5 Å². The molecule has 0 aromatic heterocycles. The first kappa shape index (κ1) is 18.5. The van der Waals surface area contributed by atoms with Gasteiger partial charge in [0.05, 0.1) is 6.61 Å². The largest absolute Gasteiger partial charge is 0.494 e. The zero-order valence-electron chi connectivity index (χ0n) is 14.6. The summed E-state index contributed by atoms with van der Waals surface area (Å²) < 4.78 is 11.0. The van der Waals surface area contributed by atoms with Crippen LogP contribution in [0.1, 0.15) is 49.9 Å². The minimum Gasteiger partial charge on any atom is -0.494 e. The van der Waals surface area contributed by atoms with Crippen molar-refractivity contribution in [1.82, 2.24) is 4.90 Å². The van der Waals surface area contributed by atoms with Gasteiger partial charge < -0.3 is 14.4 Å². The maximum Gasteiger partial charge on any atom is 0.302 e. The average Bonchev–Trinajstić information content (AvgIpc) is 2.59. The molecule has 0 spiro atoms. The standard InChI is InChI=1S/C19H27NO4/c1-3-19(22)16-5-7-17(8-6-16)23-14-4-11-20-12-9-18(10-13-20)24-15(2)21/h5-8,18H,3-4,9-14H2,1-2H3. The first-order valence-electron chi connectivity index (χ1n) is 8.74. The molecule has 1 aliphatic rings. The number of carbonyl (C=O) groups excluding carboxylic acids is 2. The SMILES string of the molecule is CCC(=O)c1ccc(OCCCN2CCC(OC(C)=O)CC2)cc1. The first-order chi connectivity index (χ1) is 11.6. The van der Waals surface area contributed by atoms with E-state index in [0.29, 0.717) is 13.0 Å². The Morgan fingerprint density at radius 3 is 2.42 bits per heavy atom. The van der Waals surface area contributed by atoms with Crippen LogP contribution in [0.15, 0.2) is 24.3 Å². The Bertz CT molecular complexity index is 533. The zero-order chi connectivity index (χ0) is 17.4. The minimum absolute atomic E-state index is 0.0827. The summed E-state index contributed by atoms with van der Waals surface area (Å²) in [6.07, 6.45) is 3.38. The smallest absolute Gasteiger partial charge is 0.302 e. The van der Waals surface area contributed by atoms with E-state index >= 15 is 0 Å². The fourth-order valence-electron chi connectivity index (χ4n) is 2.90. The molecule has 24 heavy (non-hydrogen) atoms. The Morgan fingerprint density at radius 2 is 1.83 bits per heavy atom. The third kappa shape index (κ3) is 5.96. The maximum atomic E-state index is 11.6. The van der Waals surface area contributed by atoms with Crippen molar-refractivity contribution in [2.45, 2.75) is 45.6 Å². The summed E-state index contributed by atoms with van der Waals surface area (Å²) in [7, 11) is 0. The molecule has 1 saturated heterocycles. The molecule has 2 rings (SSSR count). The Hall–Kier alpha value is -1.88. The second-order valence-electron chi connectivity index (χ2n) is 6.15. The van der Waals surface area contributed by atoms with Gasteiger partial charge in [-0.3, -0.25) is 9.59 Å². The van der Waals surface area contributed by atoms with Crippen molar-refractivity contribution in [2.24, 2.45) is 0 Å². The molecule has 1 aromatic carbocycles. The van der Waals surface area contributed by atoms with Crippen LogP contribution in [-0.4, -0.2) is 49.0 Å². The van der Waals surface area contributed by atoms with Crippen molar-refractivity contribution in [3.63, 3.8) is 0 Å². The number of likely N-dealkylation sites (tertiary alicyclic amines) is 1. The normalized spacial score (nSPS) is 15.9. The summed E-state index contributed by atoms with van der Waals surface area (Å²) >= 11 is 0. The Balaban J connectivity index is 1.61. The van der Waals surface area contributed by atoms with Gasteiger partial charge in [-0.2, -0.15) is 0 Å². The molecule has 1 aliphatic heterocycles. The Morgan fingerprint density at radius 1 is 1.17 bits per heavy atom. The van der Waals surface area contributed by atoms with Crippen LogP contribution in [0.2, 0.25) is 0 Å². The Labute approximate surface area is 143 Å². The highest BCUT2D eigenvalue weighted by Crippen LogP contribution is 2.15. The molecule has 0 amide bonds. The van der Waals surface area contributed by atoms with Gasteiger partial charge in [0.2, 0.25) is 0 Å². The van der Waals surface area contributed by atoms with E-state index in [4.69, 9.17) is 9.47 Å². The molecule has 0 aliphatic carbocycles. The lowest BCUT2D eigenvalue weighted by Crippen LogP contribution is -2.38. The number of carbonyl (C=O) groups is 2. The lowest BCUT2D eigenvalue weighted by Gasteiger charge is -2.31. The number of ether oxygens (including phenoxy) is 2. The first-order valence-corrected chi connectivity index (χ1v) is 8.74. The summed E-state index contributed by atoms with van der Waals surface area (Å²) in [5.41, 5.74) is 0.737. The van der Waals surface area contributed by atoms with Crippen molar-refractivity contribution < 1.29 is 19.1 Å². The molecule has 1 heterocycles. The molecule has 0 bridgehead atoms. The van der Waals surface area contributed by atoms with Crippen molar-refractivity contribution in [1.29, 1.82) is 0 Å². The van der Waals surface area contributed by atoms with E-state index in [1.807, 2.05) is 31.2 Å². The predicted octanol–water partition coefficient (Wildman–Crippen LogP) is 3.08. The number of rotatable bonds is 8. The number of hydrogen-bond acceptors (Lipinski definition) is 5. The van der Waals surface area contributed by atoms with E-state index in [2.05, 4.69) is 4.90 Å². The molecule has 0 radical (unpaired) electrons. The second-order valence-corrected chi connectivity index (χ2v) is 6.15. The van der Waals surface area contributed by atoms with Gasteiger partial charge >= 0.3 is 5.97 Å². The quantitative estimate of drug-likeness (QED) is 0.416. The number of hydrogen-bond donors (Lipinski definition) is 0. The molecule has 1 aromatic rings. The number of nitrogens with zero attached hydrogens (tertiary/aromatic N) is 1. The molecule has 0 atom stereocenters. The predicted molar refractivity (Wildman–Crippen MR) is 92.4 cm³/mol. The van der Waals surface area contributed by atoms with Gasteiger partial charge in [0.15, 0.2) is 5.78 Å². The Kier molecular flexibility index (Phi) is 7.25. The van der Waals surface area contributed by atoms with Crippen LogP contribution in [0.25, 0.3) is 0 Å². The highest BCUT2D eigenvalue weighted by Gasteiger charge is 2.20. The van der Waals surface area contributed by atoms with Crippen LogP contribution in [0.5, 0.6) is 5.75 Å². The molecule has 0 saturated carbocycles. The summed E-state index contributed by atoms with van der Waals surface area (Å²) in [6, 6.07) is 7.35.